The number of non-ortho nitro benzene ring substituents is 1. The molecule has 0 fully saturated rings. The van der Waals surface area contributed by atoms with Crippen molar-refractivity contribution in [1.82, 2.24) is 0 Å². The minimum Gasteiger partial charge on any atom is -0.457 e. The van der Waals surface area contributed by atoms with Crippen LogP contribution in [0.1, 0.15) is 26.5 Å². The molecule has 0 aliphatic carbocycles. The lowest BCUT2D eigenvalue weighted by Crippen LogP contribution is -2.26. The molecule has 1 unspecified atom stereocenters. The van der Waals surface area contributed by atoms with Gasteiger partial charge in [0.05, 0.1) is 10.6 Å². The lowest BCUT2D eigenvalue weighted by atomic mass is 10.3. The van der Waals surface area contributed by atoms with Crippen molar-refractivity contribution in [2.75, 3.05) is 0 Å². The highest BCUT2D eigenvalue weighted by Gasteiger charge is 2.41. The third-order valence-electron chi connectivity index (χ3n) is 4.28. The van der Waals surface area contributed by atoms with Crippen LogP contribution in [0.25, 0.3) is 0 Å². The van der Waals surface area contributed by atoms with Crippen molar-refractivity contribution in [3.63, 3.8) is 0 Å². The van der Waals surface area contributed by atoms with Crippen LogP contribution in [0.15, 0.2) is 74.3 Å². The lowest BCUT2D eigenvalue weighted by molar-refractivity contribution is -0.384. The van der Waals surface area contributed by atoms with Crippen molar-refractivity contribution < 1.29 is 13.9 Å². The zero-order chi connectivity index (χ0) is 21.2. The van der Waals surface area contributed by atoms with Crippen LogP contribution in [0.3, 0.4) is 0 Å². The van der Waals surface area contributed by atoms with Gasteiger partial charge in [0.25, 0.3) is 5.69 Å². The SMILES string of the molecule is Cc1ccc(P(=Nc2ccc([N+](=O)[O-])cc2)(Oc2cccc(Br)c2)C(C)(C)C)o1. The van der Waals surface area contributed by atoms with Crippen LogP contribution in [0.2, 0.25) is 0 Å². The van der Waals surface area contributed by atoms with E-state index in [0.29, 0.717) is 16.9 Å². The Morgan fingerprint density at radius 2 is 1.79 bits per heavy atom. The molecule has 0 N–H and O–H groups in total. The van der Waals surface area contributed by atoms with Gasteiger partial charge in [0.15, 0.2) is 5.50 Å². The van der Waals surface area contributed by atoms with Gasteiger partial charge in [0.2, 0.25) is 7.28 Å². The van der Waals surface area contributed by atoms with Crippen molar-refractivity contribution in [2.24, 2.45) is 4.74 Å². The quantitative estimate of drug-likeness (QED) is 0.221. The van der Waals surface area contributed by atoms with E-state index in [1.54, 1.807) is 12.1 Å². The molecule has 0 radical (unpaired) electrons. The predicted octanol–water partition coefficient (Wildman–Crippen LogP) is 7.21. The molecule has 0 amide bonds. The molecule has 1 aromatic heterocycles. The average Bonchev–Trinajstić information content (AvgIpc) is 3.07. The first-order valence-corrected chi connectivity index (χ1v) is 11.4. The topological polar surface area (TPSA) is 77.9 Å². The predicted molar refractivity (Wildman–Crippen MR) is 120 cm³/mol. The Labute approximate surface area is 178 Å². The van der Waals surface area contributed by atoms with E-state index in [9.17, 15) is 10.1 Å². The van der Waals surface area contributed by atoms with Crippen LogP contribution < -0.4 is 10.0 Å². The van der Waals surface area contributed by atoms with Gasteiger partial charge in [-0.3, -0.25) is 10.1 Å². The minimum absolute atomic E-state index is 0.0189. The molecule has 6 nitrogen and oxygen atoms in total. The molecule has 0 saturated heterocycles. The second-order valence-corrected chi connectivity index (χ2v) is 11.8. The number of halogens is 1. The Kier molecular flexibility index (Phi) is 6.01. The molecule has 3 rings (SSSR count). The molecule has 3 aromatic rings. The van der Waals surface area contributed by atoms with Crippen molar-refractivity contribution in [1.29, 1.82) is 0 Å². The van der Waals surface area contributed by atoms with E-state index < -0.39 is 17.4 Å². The number of aryl methyl sites for hydroxylation is 1. The molecule has 0 aliphatic heterocycles. The molecule has 0 bridgehead atoms. The summed E-state index contributed by atoms with van der Waals surface area (Å²) in [6.07, 6.45) is 0. The fraction of sp³-hybridized carbons (Fsp3) is 0.238. The van der Waals surface area contributed by atoms with Crippen LogP contribution >= 0.6 is 23.2 Å². The molecular formula is C21H22BrN2O4P. The van der Waals surface area contributed by atoms with Crippen molar-refractivity contribution in [3.8, 4) is 5.75 Å². The number of benzene rings is 2. The van der Waals surface area contributed by atoms with Gasteiger partial charge in [-0.15, -0.1) is 0 Å². The van der Waals surface area contributed by atoms with Gasteiger partial charge in [-0.25, -0.2) is 4.74 Å². The van der Waals surface area contributed by atoms with Crippen LogP contribution in [0.4, 0.5) is 11.4 Å². The summed E-state index contributed by atoms with van der Waals surface area (Å²) >= 11 is 3.48. The maximum Gasteiger partial charge on any atom is 0.269 e. The smallest absolute Gasteiger partial charge is 0.269 e. The summed E-state index contributed by atoms with van der Waals surface area (Å²) in [5, 5.41) is 10.6. The zero-order valence-electron chi connectivity index (χ0n) is 16.6. The fourth-order valence-electron chi connectivity index (χ4n) is 2.80. The number of nitro benzene ring substituents is 1. The molecule has 1 heterocycles. The van der Waals surface area contributed by atoms with Gasteiger partial charge in [-0.1, -0.05) is 42.8 Å². The van der Waals surface area contributed by atoms with Gasteiger partial charge in [0.1, 0.15) is 11.5 Å². The van der Waals surface area contributed by atoms with Crippen LogP contribution in [0, 0.1) is 17.0 Å². The standard InChI is InChI=1S/C21H22BrN2O4P/c1-15-8-13-20(27-15)29(21(2,3)4,28-19-7-5-6-16(22)14-19)23-17-9-11-18(12-10-17)24(25)26/h5-14H,1-4H3. The number of nitro groups is 1. The third-order valence-corrected chi connectivity index (χ3v) is 8.42. The van der Waals surface area contributed by atoms with Crippen molar-refractivity contribution in [2.45, 2.75) is 32.9 Å². The van der Waals surface area contributed by atoms with Crippen LogP contribution in [-0.2, 0) is 0 Å². The van der Waals surface area contributed by atoms with E-state index in [4.69, 9.17) is 13.7 Å². The molecule has 29 heavy (non-hydrogen) atoms. The van der Waals surface area contributed by atoms with Gasteiger partial charge < -0.3 is 8.94 Å². The van der Waals surface area contributed by atoms with Gasteiger partial charge in [0, 0.05) is 21.8 Å². The molecule has 0 aliphatic rings. The average molecular weight is 477 g/mol. The number of furan rings is 1. The van der Waals surface area contributed by atoms with Crippen LogP contribution in [-0.4, -0.2) is 10.1 Å². The van der Waals surface area contributed by atoms with E-state index in [1.807, 2.05) is 43.3 Å². The Morgan fingerprint density at radius 3 is 2.31 bits per heavy atom. The molecule has 152 valence electrons. The fourth-order valence-corrected chi connectivity index (χ4v) is 6.06. The Hall–Kier alpha value is -2.37. The van der Waals surface area contributed by atoms with Crippen LogP contribution in [0.5, 0.6) is 5.75 Å². The first-order chi connectivity index (χ1) is 13.6. The number of rotatable bonds is 5. The summed E-state index contributed by atoms with van der Waals surface area (Å²) < 4.78 is 18.6. The summed E-state index contributed by atoms with van der Waals surface area (Å²) in [5.74, 6) is 1.44. The summed E-state index contributed by atoms with van der Waals surface area (Å²) in [5.41, 5.74) is 1.29. The van der Waals surface area contributed by atoms with Crippen molar-refractivity contribution in [3.05, 3.63) is 81.0 Å². The summed E-state index contributed by atoms with van der Waals surface area (Å²) in [6.45, 7) is 8.06. The maximum absolute atomic E-state index is 11.0. The van der Waals surface area contributed by atoms with Crippen molar-refractivity contribution >= 4 is 40.1 Å². The third kappa shape index (κ3) is 4.62. The van der Waals surface area contributed by atoms with E-state index in [1.165, 1.54) is 12.1 Å². The highest BCUT2D eigenvalue weighted by molar-refractivity contribution is 9.10. The number of hydrogen-bond donors (Lipinski definition) is 0. The second-order valence-electron chi connectivity index (χ2n) is 7.55. The number of hydrogen-bond acceptors (Lipinski definition) is 5. The van der Waals surface area contributed by atoms with E-state index in [2.05, 4.69) is 36.7 Å². The molecule has 0 saturated carbocycles. The minimum atomic E-state index is -2.75. The highest BCUT2D eigenvalue weighted by Crippen LogP contribution is 2.62. The highest BCUT2D eigenvalue weighted by atomic mass is 79.9. The largest absolute Gasteiger partial charge is 0.457 e. The van der Waals surface area contributed by atoms with E-state index in [-0.39, 0.29) is 5.69 Å². The molecular weight excluding hydrogens is 455 g/mol. The Morgan fingerprint density at radius 1 is 1.10 bits per heavy atom. The Balaban J connectivity index is 2.24. The molecule has 8 heteroatoms. The van der Waals surface area contributed by atoms with Gasteiger partial charge in [-0.2, -0.15) is 0 Å². The number of nitrogens with zero attached hydrogens (tertiary/aromatic N) is 2. The normalized spacial score (nSPS) is 13.6. The zero-order valence-corrected chi connectivity index (χ0v) is 19.1. The van der Waals surface area contributed by atoms with E-state index >= 15 is 0 Å². The summed E-state index contributed by atoms with van der Waals surface area (Å²) in [7, 11) is -2.75. The first kappa shape index (κ1) is 21.3. The molecule has 0 spiro atoms. The molecule has 1 atom stereocenters. The first-order valence-electron chi connectivity index (χ1n) is 9.00. The van der Waals surface area contributed by atoms with E-state index in [0.717, 1.165) is 10.2 Å². The monoisotopic (exact) mass is 476 g/mol. The Bertz CT molecular complexity index is 1080. The van der Waals surface area contributed by atoms with Gasteiger partial charge >= 0.3 is 0 Å². The maximum atomic E-state index is 11.0. The summed E-state index contributed by atoms with van der Waals surface area (Å²) in [4.78, 5) is 10.6. The summed E-state index contributed by atoms with van der Waals surface area (Å²) in [6, 6.07) is 17.6. The molecule has 2 aromatic carbocycles. The second kappa shape index (κ2) is 8.17. The van der Waals surface area contributed by atoms with Gasteiger partial charge in [-0.05, 0) is 49.4 Å². The lowest BCUT2D eigenvalue weighted by Gasteiger charge is -2.35.